The van der Waals surface area contributed by atoms with Crippen LogP contribution < -0.4 is 0 Å². The van der Waals surface area contributed by atoms with Crippen LogP contribution in [-0.2, 0) is 6.42 Å². The van der Waals surface area contributed by atoms with Gasteiger partial charge < -0.3 is 0 Å². The lowest BCUT2D eigenvalue weighted by molar-refractivity contribution is 0.0356. The third kappa shape index (κ3) is 7.48. The number of benzene rings is 1. The van der Waals surface area contributed by atoms with Crippen LogP contribution in [0, 0.1) is 23.2 Å². The molecule has 1 heteroatoms. The molecule has 1 nitrogen and oxygen atoms in total. The van der Waals surface area contributed by atoms with Crippen molar-refractivity contribution in [3.05, 3.63) is 54.2 Å². The maximum absolute atomic E-state index is 4.48. The minimum Gasteiger partial charge on any atom is -0.256 e. The van der Waals surface area contributed by atoms with Gasteiger partial charge in [0.05, 0.1) is 5.69 Å². The van der Waals surface area contributed by atoms with Crippen LogP contribution in [-0.4, -0.2) is 4.98 Å². The largest absolute Gasteiger partial charge is 0.256 e. The third-order valence-corrected chi connectivity index (χ3v) is 7.69. The van der Waals surface area contributed by atoms with E-state index in [1.165, 1.54) is 68.9 Å². The Bertz CT molecular complexity index is 707. The maximum Gasteiger partial charge on any atom is 0.0702 e. The summed E-state index contributed by atoms with van der Waals surface area (Å²) in [7, 11) is 0. The van der Waals surface area contributed by atoms with Crippen molar-refractivity contribution in [3.63, 3.8) is 0 Å². The van der Waals surface area contributed by atoms with E-state index in [0.717, 1.165) is 23.4 Å². The fraction of sp³-hybridized carbons (Fsp3) is 0.633. The molecule has 0 unspecified atom stereocenters. The van der Waals surface area contributed by atoms with Crippen LogP contribution in [0.1, 0.15) is 98.5 Å². The minimum atomic E-state index is 0.504. The Labute approximate surface area is 193 Å². The highest BCUT2D eigenvalue weighted by Crippen LogP contribution is 2.47. The van der Waals surface area contributed by atoms with Gasteiger partial charge in [-0.05, 0) is 66.2 Å². The van der Waals surface area contributed by atoms with E-state index in [0.29, 0.717) is 5.41 Å². The van der Waals surface area contributed by atoms with Gasteiger partial charge >= 0.3 is 0 Å². The maximum atomic E-state index is 4.48. The van der Waals surface area contributed by atoms with Crippen molar-refractivity contribution in [2.24, 2.45) is 23.2 Å². The van der Waals surface area contributed by atoms with Gasteiger partial charge in [0.25, 0.3) is 0 Å². The van der Waals surface area contributed by atoms with Crippen LogP contribution in [0.5, 0.6) is 0 Å². The molecule has 0 aliphatic heterocycles. The molecule has 0 fully saturated rings. The van der Waals surface area contributed by atoms with Crippen molar-refractivity contribution in [1.29, 1.82) is 0 Å². The van der Waals surface area contributed by atoms with Crippen molar-refractivity contribution >= 4 is 0 Å². The molecule has 0 aliphatic rings. The molecule has 2 rings (SSSR count). The Kier molecular flexibility index (Phi) is 10.8. The summed E-state index contributed by atoms with van der Waals surface area (Å²) in [5.74, 6) is 2.30. The molecule has 2 aromatic rings. The van der Waals surface area contributed by atoms with E-state index in [-0.39, 0.29) is 0 Å². The molecule has 0 aliphatic carbocycles. The summed E-state index contributed by atoms with van der Waals surface area (Å²) in [6.45, 7) is 14.6. The van der Waals surface area contributed by atoms with Gasteiger partial charge in [0, 0.05) is 11.8 Å². The van der Waals surface area contributed by atoms with Crippen LogP contribution in [0.25, 0.3) is 11.3 Å². The molecule has 1 aromatic heterocycles. The van der Waals surface area contributed by atoms with Gasteiger partial charge in [-0.3, -0.25) is 4.98 Å². The second-order valence-electron chi connectivity index (χ2n) is 10.5. The number of nitrogens with zero attached hydrogens (tertiary/aromatic N) is 1. The Morgan fingerprint density at radius 1 is 0.677 bits per heavy atom. The van der Waals surface area contributed by atoms with Gasteiger partial charge in [-0.25, -0.2) is 0 Å². The standard InChI is InChI=1S/C30H47N/c1-24(2)30(25(3)4,26(5)6)21-14-11-9-7-8-10-12-17-27-18-16-19-28(23-27)29-20-13-15-22-31-29/h13,15-16,18-20,22-26H,7-12,14,17,21H2,1-6H3. The van der Waals surface area contributed by atoms with Crippen molar-refractivity contribution in [2.45, 2.75) is 99.3 Å². The average molecular weight is 422 g/mol. The Balaban J connectivity index is 1.63. The zero-order valence-corrected chi connectivity index (χ0v) is 21.2. The molecule has 0 bridgehead atoms. The van der Waals surface area contributed by atoms with Gasteiger partial charge in [-0.15, -0.1) is 0 Å². The molecule has 0 atom stereocenters. The van der Waals surface area contributed by atoms with Crippen LogP contribution >= 0.6 is 0 Å². The van der Waals surface area contributed by atoms with E-state index < -0.39 is 0 Å². The zero-order valence-electron chi connectivity index (χ0n) is 21.2. The van der Waals surface area contributed by atoms with E-state index in [1.807, 2.05) is 12.3 Å². The summed E-state index contributed by atoms with van der Waals surface area (Å²) in [4.78, 5) is 4.48. The molecular weight excluding hydrogens is 374 g/mol. The second-order valence-corrected chi connectivity index (χ2v) is 10.5. The van der Waals surface area contributed by atoms with Gasteiger partial charge in [0.1, 0.15) is 0 Å². The highest BCUT2D eigenvalue weighted by Gasteiger charge is 2.39. The topological polar surface area (TPSA) is 12.9 Å². The van der Waals surface area contributed by atoms with Gasteiger partial charge in [-0.1, -0.05) is 104 Å². The number of hydrogen-bond donors (Lipinski definition) is 0. The predicted molar refractivity (Wildman–Crippen MR) is 137 cm³/mol. The molecule has 1 aromatic carbocycles. The lowest BCUT2D eigenvalue weighted by atomic mass is 9.60. The fourth-order valence-electron chi connectivity index (χ4n) is 5.93. The van der Waals surface area contributed by atoms with Crippen molar-refractivity contribution in [2.75, 3.05) is 0 Å². The summed E-state index contributed by atoms with van der Waals surface area (Å²) in [5.41, 5.74) is 4.25. The van der Waals surface area contributed by atoms with Crippen molar-refractivity contribution in [3.8, 4) is 11.3 Å². The molecule has 0 saturated heterocycles. The number of aromatic nitrogens is 1. The number of rotatable bonds is 14. The first-order valence-corrected chi connectivity index (χ1v) is 12.9. The summed E-state index contributed by atoms with van der Waals surface area (Å²) < 4.78 is 0. The van der Waals surface area contributed by atoms with E-state index in [4.69, 9.17) is 0 Å². The summed E-state index contributed by atoms with van der Waals surface area (Å²) in [5, 5.41) is 0. The van der Waals surface area contributed by atoms with Crippen LogP contribution in [0.2, 0.25) is 0 Å². The molecule has 0 N–H and O–H groups in total. The smallest absolute Gasteiger partial charge is 0.0702 e. The predicted octanol–water partition coefficient (Wildman–Crippen LogP) is 9.37. The Morgan fingerprint density at radius 2 is 1.29 bits per heavy atom. The fourth-order valence-corrected chi connectivity index (χ4v) is 5.93. The SMILES string of the molecule is CC(C)C(CCCCCCCCCc1cccc(-c2ccccn2)c1)(C(C)C)C(C)C. The van der Waals surface area contributed by atoms with E-state index in [2.05, 4.69) is 82.9 Å². The molecule has 0 spiro atoms. The highest BCUT2D eigenvalue weighted by atomic mass is 14.7. The lowest BCUT2D eigenvalue weighted by Gasteiger charge is -2.45. The summed E-state index contributed by atoms with van der Waals surface area (Å²) in [6, 6.07) is 15.0. The minimum absolute atomic E-state index is 0.504. The zero-order chi connectivity index (χ0) is 22.7. The third-order valence-electron chi connectivity index (χ3n) is 7.69. The first kappa shape index (κ1) is 25.6. The normalized spacial score (nSPS) is 12.3. The highest BCUT2D eigenvalue weighted by molar-refractivity contribution is 5.59. The quantitative estimate of drug-likeness (QED) is 0.277. The second kappa shape index (κ2) is 13.0. The molecule has 1 heterocycles. The first-order chi connectivity index (χ1) is 14.9. The van der Waals surface area contributed by atoms with E-state index >= 15 is 0 Å². The molecule has 0 amide bonds. The number of unbranched alkanes of at least 4 members (excludes halogenated alkanes) is 6. The monoisotopic (exact) mass is 421 g/mol. The van der Waals surface area contributed by atoms with Gasteiger partial charge in [0.2, 0.25) is 0 Å². The lowest BCUT2D eigenvalue weighted by Crippen LogP contribution is -2.38. The number of hydrogen-bond acceptors (Lipinski definition) is 1. The summed E-state index contributed by atoms with van der Waals surface area (Å²) >= 11 is 0. The van der Waals surface area contributed by atoms with Gasteiger partial charge in [-0.2, -0.15) is 0 Å². The van der Waals surface area contributed by atoms with Crippen molar-refractivity contribution in [1.82, 2.24) is 4.98 Å². The van der Waals surface area contributed by atoms with Crippen LogP contribution in [0.4, 0.5) is 0 Å². The van der Waals surface area contributed by atoms with Crippen molar-refractivity contribution < 1.29 is 0 Å². The molecule has 0 saturated carbocycles. The van der Waals surface area contributed by atoms with E-state index in [9.17, 15) is 0 Å². The Hall–Kier alpha value is -1.63. The average Bonchev–Trinajstić information content (AvgIpc) is 2.75. The molecule has 0 radical (unpaired) electrons. The van der Waals surface area contributed by atoms with E-state index in [1.54, 1.807) is 0 Å². The molecular formula is C30H47N. The Morgan fingerprint density at radius 3 is 1.87 bits per heavy atom. The van der Waals surface area contributed by atoms with Gasteiger partial charge in [0.15, 0.2) is 0 Å². The molecule has 172 valence electrons. The number of pyridine rings is 1. The first-order valence-electron chi connectivity index (χ1n) is 12.9. The van der Waals surface area contributed by atoms with Crippen LogP contribution in [0.3, 0.4) is 0 Å². The number of aryl methyl sites for hydroxylation is 1. The molecule has 31 heavy (non-hydrogen) atoms. The van der Waals surface area contributed by atoms with Crippen LogP contribution in [0.15, 0.2) is 48.7 Å². The summed E-state index contributed by atoms with van der Waals surface area (Å²) in [6.07, 6.45) is 14.1.